The van der Waals surface area contributed by atoms with E-state index >= 15 is 0 Å². The van der Waals surface area contributed by atoms with Crippen LogP contribution in [0.5, 0.6) is 0 Å². The van der Waals surface area contributed by atoms with E-state index in [1.54, 1.807) is 4.40 Å². The number of aromatic nitrogens is 3. The van der Waals surface area contributed by atoms with Gasteiger partial charge in [-0.05, 0) is 36.1 Å². The molecule has 2 heterocycles. The minimum Gasteiger partial charge on any atom is -0.329 e. The molecule has 0 fully saturated rings. The summed E-state index contributed by atoms with van der Waals surface area (Å²) in [5.74, 6) is 1.11. The van der Waals surface area contributed by atoms with E-state index in [2.05, 4.69) is 48.1 Å². The molecule has 0 saturated heterocycles. The highest BCUT2D eigenvalue weighted by Crippen LogP contribution is 2.18. The van der Waals surface area contributed by atoms with E-state index in [9.17, 15) is 4.79 Å². The first-order chi connectivity index (χ1) is 12.0. The SMILES string of the molecule is Cc1[nH]c2nc3ccccc3n2c(=O)c1Cc1ccc(C(C)C)cc1. The number of para-hydroxylation sites is 2. The molecule has 0 spiro atoms. The molecule has 0 radical (unpaired) electrons. The molecule has 0 amide bonds. The van der Waals surface area contributed by atoms with Crippen LogP contribution < -0.4 is 5.56 Å². The molecule has 4 rings (SSSR count). The molecule has 25 heavy (non-hydrogen) atoms. The second kappa shape index (κ2) is 5.88. The molecule has 4 aromatic rings. The summed E-state index contributed by atoms with van der Waals surface area (Å²) in [6.45, 7) is 6.31. The molecule has 0 unspecified atom stereocenters. The number of hydrogen-bond donors (Lipinski definition) is 1. The van der Waals surface area contributed by atoms with Crippen LogP contribution in [0, 0.1) is 6.92 Å². The van der Waals surface area contributed by atoms with Crippen molar-refractivity contribution in [3.63, 3.8) is 0 Å². The van der Waals surface area contributed by atoms with Crippen molar-refractivity contribution in [3.8, 4) is 0 Å². The van der Waals surface area contributed by atoms with E-state index in [1.807, 2.05) is 31.2 Å². The number of benzene rings is 2. The highest BCUT2D eigenvalue weighted by Gasteiger charge is 2.14. The summed E-state index contributed by atoms with van der Waals surface area (Å²) in [7, 11) is 0. The summed E-state index contributed by atoms with van der Waals surface area (Å²) in [6, 6.07) is 16.2. The topological polar surface area (TPSA) is 50.2 Å². The maximum absolute atomic E-state index is 13.1. The Morgan fingerprint density at radius 1 is 1.08 bits per heavy atom. The largest absolute Gasteiger partial charge is 0.329 e. The molecular formula is C21H21N3O. The third-order valence-electron chi connectivity index (χ3n) is 4.80. The zero-order valence-corrected chi connectivity index (χ0v) is 14.7. The van der Waals surface area contributed by atoms with Crippen molar-refractivity contribution in [2.24, 2.45) is 0 Å². The van der Waals surface area contributed by atoms with Gasteiger partial charge < -0.3 is 4.98 Å². The molecule has 126 valence electrons. The van der Waals surface area contributed by atoms with Gasteiger partial charge in [-0.1, -0.05) is 50.2 Å². The van der Waals surface area contributed by atoms with E-state index in [4.69, 9.17) is 0 Å². The molecule has 4 nitrogen and oxygen atoms in total. The van der Waals surface area contributed by atoms with Crippen LogP contribution in [0.15, 0.2) is 53.3 Å². The van der Waals surface area contributed by atoms with Gasteiger partial charge in [-0.2, -0.15) is 0 Å². The summed E-state index contributed by atoms with van der Waals surface area (Å²) in [5.41, 5.74) is 5.79. The number of aromatic amines is 1. The van der Waals surface area contributed by atoms with Crippen molar-refractivity contribution >= 4 is 16.8 Å². The molecule has 2 aromatic carbocycles. The first-order valence-electron chi connectivity index (χ1n) is 8.62. The Balaban J connectivity index is 1.84. The average Bonchev–Trinajstić information content (AvgIpc) is 2.97. The Hall–Kier alpha value is -2.88. The number of H-pyrrole nitrogens is 1. The van der Waals surface area contributed by atoms with Crippen LogP contribution in [0.25, 0.3) is 16.8 Å². The van der Waals surface area contributed by atoms with Crippen LogP contribution in [-0.2, 0) is 6.42 Å². The fourth-order valence-electron chi connectivity index (χ4n) is 3.29. The lowest BCUT2D eigenvalue weighted by Crippen LogP contribution is -2.21. The number of nitrogens with one attached hydrogen (secondary N) is 1. The van der Waals surface area contributed by atoms with Crippen LogP contribution in [0.2, 0.25) is 0 Å². The van der Waals surface area contributed by atoms with Gasteiger partial charge in [0.2, 0.25) is 5.78 Å². The van der Waals surface area contributed by atoms with Crippen molar-refractivity contribution in [2.45, 2.75) is 33.1 Å². The Kier molecular flexibility index (Phi) is 3.68. The standard InChI is InChI=1S/C21H21N3O/c1-13(2)16-10-8-15(9-11-16)12-17-14(3)22-21-23-18-6-4-5-7-19(18)24(21)20(17)25/h4-11,13H,12H2,1-3H3,(H,22,23). The van der Waals surface area contributed by atoms with Crippen LogP contribution >= 0.6 is 0 Å². The minimum absolute atomic E-state index is 0.00730. The second-order valence-electron chi connectivity index (χ2n) is 6.87. The Labute approximate surface area is 146 Å². The van der Waals surface area contributed by atoms with Gasteiger partial charge in [-0.25, -0.2) is 9.38 Å². The van der Waals surface area contributed by atoms with Gasteiger partial charge in [0.1, 0.15) is 0 Å². The summed E-state index contributed by atoms with van der Waals surface area (Å²) in [6.07, 6.45) is 0.613. The van der Waals surface area contributed by atoms with E-state index < -0.39 is 0 Å². The van der Waals surface area contributed by atoms with Crippen molar-refractivity contribution < 1.29 is 0 Å². The van der Waals surface area contributed by atoms with Gasteiger partial charge >= 0.3 is 0 Å². The Bertz CT molecular complexity index is 1120. The first-order valence-corrected chi connectivity index (χ1v) is 8.62. The van der Waals surface area contributed by atoms with Crippen molar-refractivity contribution in [1.82, 2.24) is 14.4 Å². The number of fused-ring (bicyclic) bond motifs is 3. The molecular weight excluding hydrogens is 310 g/mol. The Morgan fingerprint density at radius 2 is 1.80 bits per heavy atom. The van der Waals surface area contributed by atoms with E-state index in [0.717, 1.165) is 27.9 Å². The first kappa shape index (κ1) is 15.6. The maximum Gasteiger partial charge on any atom is 0.263 e. The Morgan fingerprint density at radius 3 is 2.52 bits per heavy atom. The normalized spacial score (nSPS) is 11.7. The van der Waals surface area contributed by atoms with Crippen molar-refractivity contribution in [1.29, 1.82) is 0 Å². The number of nitrogens with zero attached hydrogens (tertiary/aromatic N) is 2. The lowest BCUT2D eigenvalue weighted by Gasteiger charge is -2.09. The number of rotatable bonds is 3. The zero-order valence-electron chi connectivity index (χ0n) is 14.7. The highest BCUT2D eigenvalue weighted by molar-refractivity contribution is 5.79. The van der Waals surface area contributed by atoms with Crippen molar-refractivity contribution in [3.05, 3.63) is 81.3 Å². The van der Waals surface area contributed by atoms with Crippen LogP contribution in [-0.4, -0.2) is 14.4 Å². The van der Waals surface area contributed by atoms with Gasteiger partial charge in [0.05, 0.1) is 11.0 Å². The summed E-state index contributed by atoms with van der Waals surface area (Å²) >= 11 is 0. The number of imidazole rings is 1. The quantitative estimate of drug-likeness (QED) is 0.612. The average molecular weight is 331 g/mol. The highest BCUT2D eigenvalue weighted by atomic mass is 16.1. The summed E-state index contributed by atoms with van der Waals surface area (Å²) in [5, 5.41) is 0. The van der Waals surface area contributed by atoms with Crippen LogP contribution in [0.1, 0.15) is 42.1 Å². The fourth-order valence-corrected chi connectivity index (χ4v) is 3.29. The van der Waals surface area contributed by atoms with Gasteiger partial charge in [-0.15, -0.1) is 0 Å². The zero-order chi connectivity index (χ0) is 17.6. The third kappa shape index (κ3) is 2.64. The lowest BCUT2D eigenvalue weighted by molar-refractivity contribution is 0.864. The second-order valence-corrected chi connectivity index (χ2v) is 6.87. The van der Waals surface area contributed by atoms with Gasteiger partial charge in [0, 0.05) is 17.7 Å². The fraction of sp³-hybridized carbons (Fsp3) is 0.238. The van der Waals surface area contributed by atoms with Crippen LogP contribution in [0.4, 0.5) is 0 Å². The molecule has 0 aliphatic carbocycles. The molecule has 0 aliphatic heterocycles. The minimum atomic E-state index is 0.00730. The molecule has 1 N–H and O–H groups in total. The monoisotopic (exact) mass is 331 g/mol. The van der Waals surface area contributed by atoms with Gasteiger partial charge in [0.15, 0.2) is 0 Å². The van der Waals surface area contributed by atoms with Gasteiger partial charge in [-0.3, -0.25) is 4.79 Å². The van der Waals surface area contributed by atoms with Gasteiger partial charge in [0.25, 0.3) is 5.56 Å². The van der Waals surface area contributed by atoms with E-state index in [1.165, 1.54) is 5.56 Å². The maximum atomic E-state index is 13.1. The van der Waals surface area contributed by atoms with Crippen molar-refractivity contribution in [2.75, 3.05) is 0 Å². The molecule has 0 atom stereocenters. The number of hydrogen-bond acceptors (Lipinski definition) is 2. The predicted octanol–water partition coefficient (Wildman–Crippen LogP) is 4.20. The lowest BCUT2D eigenvalue weighted by atomic mass is 9.99. The summed E-state index contributed by atoms with van der Waals surface area (Å²) in [4.78, 5) is 20.9. The molecule has 2 aromatic heterocycles. The molecule has 4 heteroatoms. The number of aryl methyl sites for hydroxylation is 1. The third-order valence-corrected chi connectivity index (χ3v) is 4.80. The summed E-state index contributed by atoms with van der Waals surface area (Å²) < 4.78 is 1.68. The predicted molar refractivity (Wildman–Crippen MR) is 101 cm³/mol. The smallest absolute Gasteiger partial charge is 0.263 e. The van der Waals surface area contributed by atoms with Crippen LogP contribution in [0.3, 0.4) is 0 Å². The molecule has 0 bridgehead atoms. The molecule has 0 aliphatic rings. The molecule has 0 saturated carbocycles. The van der Waals surface area contributed by atoms with E-state index in [-0.39, 0.29) is 5.56 Å². The van der Waals surface area contributed by atoms with E-state index in [0.29, 0.717) is 18.1 Å².